The van der Waals surface area contributed by atoms with E-state index < -0.39 is 0 Å². The Morgan fingerprint density at radius 3 is 2.08 bits per heavy atom. The van der Waals surface area contributed by atoms with Crippen molar-refractivity contribution < 1.29 is 14.5 Å². The SMILES string of the molecule is CC(=O)/C(=C(/[O-])c1ccccc1)[n+]1ccc(-c2ccncc2)cc1. The van der Waals surface area contributed by atoms with E-state index in [1.807, 2.05) is 30.3 Å². The molecule has 0 radical (unpaired) electrons. The van der Waals surface area contributed by atoms with Crippen molar-refractivity contribution in [1.29, 1.82) is 0 Å². The number of Topliss-reactive ketones (excluding diaryl/α,β-unsaturated/α-hetero) is 1. The number of nitrogens with zero attached hydrogens (tertiary/aromatic N) is 2. The third kappa shape index (κ3) is 3.22. The number of benzene rings is 1. The molecule has 0 bridgehead atoms. The minimum absolute atomic E-state index is 0.127. The molecule has 0 aliphatic carbocycles. The molecule has 2 aromatic heterocycles. The maximum Gasteiger partial charge on any atom is 0.246 e. The summed E-state index contributed by atoms with van der Waals surface area (Å²) in [6.07, 6.45) is 6.91. The van der Waals surface area contributed by atoms with Crippen LogP contribution >= 0.6 is 0 Å². The molecule has 4 nitrogen and oxygen atoms in total. The Morgan fingerprint density at radius 2 is 1.50 bits per heavy atom. The number of ketones is 1. The zero-order valence-corrected chi connectivity index (χ0v) is 13.2. The highest BCUT2D eigenvalue weighted by molar-refractivity contribution is 6.16. The minimum Gasteiger partial charge on any atom is -0.867 e. The third-order valence-corrected chi connectivity index (χ3v) is 3.69. The van der Waals surface area contributed by atoms with Gasteiger partial charge in [0.2, 0.25) is 11.5 Å². The number of hydrogen-bond donors (Lipinski definition) is 0. The van der Waals surface area contributed by atoms with Crippen LogP contribution in [0.5, 0.6) is 0 Å². The highest BCUT2D eigenvalue weighted by Crippen LogP contribution is 2.18. The molecule has 0 saturated heterocycles. The Kier molecular flexibility index (Phi) is 4.47. The molecule has 0 aliphatic rings. The van der Waals surface area contributed by atoms with Crippen LogP contribution in [0.1, 0.15) is 12.5 Å². The topological polar surface area (TPSA) is 56.9 Å². The minimum atomic E-state index is -0.287. The maximum atomic E-state index is 12.7. The molecule has 1 aromatic carbocycles. The molecule has 0 atom stereocenters. The normalized spacial score (nSPS) is 11.7. The van der Waals surface area contributed by atoms with E-state index in [9.17, 15) is 9.90 Å². The highest BCUT2D eigenvalue weighted by atomic mass is 16.3. The van der Waals surface area contributed by atoms with E-state index in [0.717, 1.165) is 11.1 Å². The van der Waals surface area contributed by atoms with E-state index in [2.05, 4.69) is 4.98 Å². The van der Waals surface area contributed by atoms with Gasteiger partial charge in [0.25, 0.3) is 0 Å². The van der Waals surface area contributed by atoms with Gasteiger partial charge in [-0.2, -0.15) is 4.57 Å². The van der Waals surface area contributed by atoms with Crippen LogP contribution in [0.3, 0.4) is 0 Å². The molecule has 0 saturated carbocycles. The van der Waals surface area contributed by atoms with Gasteiger partial charge in [-0.3, -0.25) is 9.78 Å². The van der Waals surface area contributed by atoms with Crippen molar-refractivity contribution in [2.24, 2.45) is 0 Å². The molecular formula is C20H16N2O2. The Hall–Kier alpha value is -3.27. The summed E-state index contributed by atoms with van der Waals surface area (Å²) in [7, 11) is 0. The molecule has 118 valence electrons. The zero-order chi connectivity index (χ0) is 16.9. The van der Waals surface area contributed by atoms with Crippen molar-refractivity contribution in [3.8, 4) is 11.1 Å². The largest absolute Gasteiger partial charge is 0.867 e. The van der Waals surface area contributed by atoms with Gasteiger partial charge in [0.05, 0.1) is 0 Å². The monoisotopic (exact) mass is 316 g/mol. The molecule has 0 fully saturated rings. The van der Waals surface area contributed by atoms with E-state index in [4.69, 9.17) is 0 Å². The Balaban J connectivity index is 2.03. The van der Waals surface area contributed by atoms with E-state index >= 15 is 0 Å². The third-order valence-electron chi connectivity index (χ3n) is 3.69. The lowest BCUT2D eigenvalue weighted by Gasteiger charge is -2.13. The van der Waals surface area contributed by atoms with Crippen LogP contribution in [0.4, 0.5) is 0 Å². The molecule has 0 amide bonds. The van der Waals surface area contributed by atoms with Crippen molar-refractivity contribution in [3.05, 3.63) is 84.9 Å². The Morgan fingerprint density at radius 1 is 0.917 bits per heavy atom. The van der Waals surface area contributed by atoms with Crippen LogP contribution in [0.25, 0.3) is 22.6 Å². The predicted molar refractivity (Wildman–Crippen MR) is 90.1 cm³/mol. The Bertz CT molecular complexity index is 871. The van der Waals surface area contributed by atoms with E-state index in [-0.39, 0.29) is 17.2 Å². The van der Waals surface area contributed by atoms with Crippen LogP contribution in [0.15, 0.2) is 79.4 Å². The summed E-state index contributed by atoms with van der Waals surface area (Å²) in [5.41, 5.74) is 2.63. The van der Waals surface area contributed by atoms with Crippen molar-refractivity contribution in [2.75, 3.05) is 0 Å². The van der Waals surface area contributed by atoms with Crippen LogP contribution in [0.2, 0.25) is 0 Å². The summed E-state index contributed by atoms with van der Waals surface area (Å²) in [4.78, 5) is 16.0. The Labute approximate surface area is 140 Å². The number of hydrogen-bond acceptors (Lipinski definition) is 3. The molecule has 2 heterocycles. The summed E-state index contributed by atoms with van der Waals surface area (Å²) in [6, 6.07) is 16.4. The van der Waals surface area contributed by atoms with Crippen LogP contribution < -0.4 is 9.67 Å². The summed E-state index contributed by atoms with van der Waals surface area (Å²) < 4.78 is 1.57. The molecular weight excluding hydrogens is 300 g/mol. The van der Waals surface area contributed by atoms with Gasteiger partial charge in [-0.25, -0.2) is 0 Å². The fraction of sp³-hybridized carbons (Fsp3) is 0.0500. The summed E-state index contributed by atoms with van der Waals surface area (Å²) in [6.45, 7) is 1.40. The fourth-order valence-electron chi connectivity index (χ4n) is 2.50. The summed E-state index contributed by atoms with van der Waals surface area (Å²) in [5.74, 6) is -0.560. The second-order valence-corrected chi connectivity index (χ2v) is 5.33. The van der Waals surface area contributed by atoms with Gasteiger partial charge >= 0.3 is 0 Å². The quantitative estimate of drug-likeness (QED) is 0.422. The molecule has 4 heteroatoms. The van der Waals surface area contributed by atoms with Crippen molar-refractivity contribution in [2.45, 2.75) is 6.92 Å². The average molecular weight is 316 g/mol. The van der Waals surface area contributed by atoms with Crippen LogP contribution in [0, 0.1) is 0 Å². The molecule has 24 heavy (non-hydrogen) atoms. The molecule has 3 rings (SSSR count). The predicted octanol–water partition coefficient (Wildman–Crippen LogP) is 2.31. The van der Waals surface area contributed by atoms with Gasteiger partial charge in [0, 0.05) is 31.5 Å². The molecule has 0 unspecified atom stereocenters. The van der Waals surface area contributed by atoms with Crippen LogP contribution in [-0.4, -0.2) is 10.8 Å². The average Bonchev–Trinajstić information content (AvgIpc) is 2.63. The smallest absolute Gasteiger partial charge is 0.246 e. The standard InChI is InChI=1S/C20H16N2O2/c1-15(23)19(20(24)18-5-3-2-4-6-18)22-13-9-17(10-14-22)16-7-11-21-12-8-16/h2-14H,1H3. The lowest BCUT2D eigenvalue weighted by Crippen LogP contribution is -2.37. The van der Waals surface area contributed by atoms with E-state index in [1.165, 1.54) is 6.92 Å². The highest BCUT2D eigenvalue weighted by Gasteiger charge is 2.18. The molecule has 0 spiro atoms. The number of carbonyl (C=O) groups excluding carboxylic acids is 1. The first-order valence-electron chi connectivity index (χ1n) is 7.56. The maximum absolute atomic E-state index is 12.7. The fourth-order valence-corrected chi connectivity index (χ4v) is 2.50. The lowest BCUT2D eigenvalue weighted by molar-refractivity contribution is -0.579. The first-order valence-corrected chi connectivity index (χ1v) is 7.56. The molecule has 0 N–H and O–H groups in total. The van der Waals surface area contributed by atoms with E-state index in [1.54, 1.807) is 53.6 Å². The second kappa shape index (κ2) is 6.87. The van der Waals surface area contributed by atoms with Crippen molar-refractivity contribution in [3.63, 3.8) is 0 Å². The lowest BCUT2D eigenvalue weighted by atomic mass is 10.1. The van der Waals surface area contributed by atoms with Gasteiger partial charge < -0.3 is 5.11 Å². The second-order valence-electron chi connectivity index (χ2n) is 5.33. The summed E-state index contributed by atoms with van der Waals surface area (Å²) >= 11 is 0. The molecule has 3 aromatic rings. The number of rotatable bonds is 4. The van der Waals surface area contributed by atoms with Gasteiger partial charge in [-0.05, 0) is 34.6 Å². The van der Waals surface area contributed by atoms with Gasteiger partial charge in [-0.15, -0.1) is 0 Å². The number of aromatic nitrogens is 2. The number of carbonyl (C=O) groups is 1. The zero-order valence-electron chi connectivity index (χ0n) is 13.2. The summed E-state index contributed by atoms with van der Waals surface area (Å²) in [5, 5.41) is 12.7. The first kappa shape index (κ1) is 15.6. The van der Waals surface area contributed by atoms with Crippen molar-refractivity contribution >= 4 is 17.2 Å². The van der Waals surface area contributed by atoms with Gasteiger partial charge in [-0.1, -0.05) is 30.3 Å². The first-order chi connectivity index (χ1) is 11.7. The van der Waals surface area contributed by atoms with Crippen LogP contribution in [-0.2, 0) is 4.79 Å². The number of allylic oxidation sites excluding steroid dienone is 1. The van der Waals surface area contributed by atoms with Crippen molar-refractivity contribution in [1.82, 2.24) is 4.98 Å². The number of pyridine rings is 2. The molecule has 0 aliphatic heterocycles. The van der Waals surface area contributed by atoms with E-state index in [0.29, 0.717) is 5.56 Å². The van der Waals surface area contributed by atoms with Gasteiger partial charge in [0.1, 0.15) is 0 Å². The van der Waals surface area contributed by atoms with Gasteiger partial charge in [0.15, 0.2) is 12.4 Å².